The maximum absolute atomic E-state index is 13.2. The normalized spacial score (nSPS) is 27.9. The predicted octanol–water partition coefficient (Wildman–Crippen LogP) is 5.50. The maximum Gasteiger partial charge on any atom is 0.166 e. The summed E-state index contributed by atoms with van der Waals surface area (Å²) in [6.07, 6.45) is 4.03. The van der Waals surface area contributed by atoms with Crippen LogP contribution in [0.4, 0.5) is 0 Å². The number of benzene rings is 2. The van der Waals surface area contributed by atoms with Crippen molar-refractivity contribution < 1.29 is 14.3 Å². The second-order valence-electron chi connectivity index (χ2n) is 8.14. The van der Waals surface area contributed by atoms with Gasteiger partial charge in [0.2, 0.25) is 0 Å². The first-order valence-corrected chi connectivity index (χ1v) is 12.4. The number of carbonyl (C=O) groups is 2. The number of hydrogen-bond donors (Lipinski definition) is 0. The summed E-state index contributed by atoms with van der Waals surface area (Å²) in [6, 6.07) is 12.7. The third-order valence-electron chi connectivity index (χ3n) is 6.09. The van der Waals surface area contributed by atoms with Crippen molar-refractivity contribution in [3.8, 4) is 11.1 Å². The molecule has 0 bridgehead atoms. The topological polar surface area (TPSA) is 43.4 Å². The van der Waals surface area contributed by atoms with Crippen molar-refractivity contribution in [1.29, 1.82) is 0 Å². The Morgan fingerprint density at radius 2 is 1.66 bits per heavy atom. The summed E-state index contributed by atoms with van der Waals surface area (Å²) in [4.78, 5) is 27.4. The average Bonchev–Trinajstić information content (AvgIpc) is 3.25. The molecule has 2 fully saturated rings. The molecule has 152 valence electrons. The Labute approximate surface area is 178 Å². The van der Waals surface area contributed by atoms with Gasteiger partial charge in [0.15, 0.2) is 11.3 Å². The van der Waals surface area contributed by atoms with Crippen molar-refractivity contribution in [2.24, 2.45) is 0 Å². The van der Waals surface area contributed by atoms with Crippen molar-refractivity contribution in [2.75, 3.05) is 6.26 Å². The van der Waals surface area contributed by atoms with E-state index >= 15 is 0 Å². The van der Waals surface area contributed by atoms with Crippen LogP contribution in [-0.4, -0.2) is 35.4 Å². The lowest BCUT2D eigenvalue weighted by Gasteiger charge is -2.19. The fraction of sp³-hybridized carbons (Fsp3) is 0.417. The molecule has 0 saturated carbocycles. The molecule has 0 amide bonds. The number of hydrogen-bond acceptors (Lipinski definition) is 4. The van der Waals surface area contributed by atoms with E-state index in [1.807, 2.05) is 20.8 Å². The maximum atomic E-state index is 13.2. The van der Waals surface area contributed by atoms with Gasteiger partial charge in [-0.3, -0.25) is 9.59 Å². The van der Waals surface area contributed by atoms with Crippen LogP contribution >= 0.6 is 20.3 Å². The van der Waals surface area contributed by atoms with Crippen LogP contribution in [0.5, 0.6) is 0 Å². The summed E-state index contributed by atoms with van der Waals surface area (Å²) in [5.74, 6) is -0.554. The van der Waals surface area contributed by atoms with Gasteiger partial charge in [-0.25, -0.2) is 0 Å². The molecule has 2 aliphatic heterocycles. The van der Waals surface area contributed by atoms with E-state index in [9.17, 15) is 9.59 Å². The van der Waals surface area contributed by atoms with Crippen LogP contribution in [0.15, 0.2) is 41.3 Å². The molecule has 3 nitrogen and oxygen atoms in total. The molecule has 0 aliphatic carbocycles. The largest absolute Gasteiger partial charge is 0.374 e. The molecule has 0 radical (unpaired) electrons. The standard InChI is InChI=1S/C24H27O3PS/c1-13-11-17(16-6-8-18(29-4)9-7-16)12-14(2)20(13)21-22(25)23(28-24(21)26)19-10-5-15(3)27-19/h6-9,11-12,15,19,21,23,28H,5,10H2,1-4H3/t15?,19?,21?,23-/m1/s1. The number of aryl methyl sites for hydroxylation is 2. The minimum absolute atomic E-state index is 0.0288. The van der Waals surface area contributed by atoms with E-state index in [0.29, 0.717) is 0 Å². The predicted molar refractivity (Wildman–Crippen MR) is 122 cm³/mol. The number of ketones is 1. The second-order valence-corrected chi connectivity index (χ2v) is 10.4. The summed E-state index contributed by atoms with van der Waals surface area (Å²) >= 11 is 1.72. The summed E-state index contributed by atoms with van der Waals surface area (Å²) in [6.45, 7) is 6.08. The quantitative estimate of drug-likeness (QED) is 0.368. The fourth-order valence-electron chi connectivity index (χ4n) is 4.62. The Bertz CT molecular complexity index is 930. The molecule has 0 spiro atoms. The van der Waals surface area contributed by atoms with Crippen molar-refractivity contribution in [3.05, 3.63) is 53.1 Å². The third kappa shape index (κ3) is 3.95. The minimum atomic E-state index is -0.620. The number of thioether (sulfide) groups is 1. The highest BCUT2D eigenvalue weighted by molar-refractivity contribution is 7.98. The first-order valence-electron chi connectivity index (χ1n) is 10.1. The minimum Gasteiger partial charge on any atom is -0.374 e. The van der Waals surface area contributed by atoms with Gasteiger partial charge in [0.25, 0.3) is 0 Å². The van der Waals surface area contributed by atoms with Crippen molar-refractivity contribution in [1.82, 2.24) is 0 Å². The molecule has 2 aliphatic rings. The van der Waals surface area contributed by atoms with Crippen LogP contribution in [0, 0.1) is 13.8 Å². The summed E-state index contributed by atoms with van der Waals surface area (Å²) in [5.41, 5.74) is 5.05. The Morgan fingerprint density at radius 1 is 1.00 bits per heavy atom. The van der Waals surface area contributed by atoms with E-state index in [1.165, 1.54) is 4.90 Å². The molecule has 5 atom stereocenters. The van der Waals surface area contributed by atoms with Crippen LogP contribution in [0.3, 0.4) is 0 Å². The lowest BCUT2D eigenvalue weighted by molar-refractivity contribution is -0.124. The Balaban J connectivity index is 1.64. The van der Waals surface area contributed by atoms with E-state index in [-0.39, 0.29) is 37.8 Å². The van der Waals surface area contributed by atoms with Crippen molar-refractivity contribution in [3.63, 3.8) is 0 Å². The van der Waals surface area contributed by atoms with E-state index < -0.39 is 5.92 Å². The van der Waals surface area contributed by atoms with E-state index in [0.717, 1.165) is 40.7 Å². The van der Waals surface area contributed by atoms with Crippen LogP contribution < -0.4 is 0 Å². The number of ether oxygens (including phenoxy) is 1. The molecule has 4 rings (SSSR count). The molecule has 4 unspecified atom stereocenters. The van der Waals surface area contributed by atoms with Gasteiger partial charge in [-0.15, -0.1) is 11.8 Å². The van der Waals surface area contributed by atoms with E-state index in [1.54, 1.807) is 11.8 Å². The second kappa shape index (κ2) is 8.34. The molecule has 0 N–H and O–H groups in total. The molecule has 2 aromatic rings. The van der Waals surface area contributed by atoms with Gasteiger partial charge < -0.3 is 4.74 Å². The zero-order valence-corrected chi connectivity index (χ0v) is 19.1. The lowest BCUT2D eigenvalue weighted by atomic mass is 9.85. The number of Topliss-reactive ketones (excluding diaryl/α,β-unsaturated/α-hetero) is 1. The lowest BCUT2D eigenvalue weighted by Crippen LogP contribution is -2.30. The van der Waals surface area contributed by atoms with Gasteiger partial charge in [-0.2, -0.15) is 0 Å². The molecule has 2 saturated heterocycles. The summed E-state index contributed by atoms with van der Waals surface area (Å²) < 4.78 is 5.94. The fourth-order valence-corrected chi connectivity index (χ4v) is 6.53. The van der Waals surface area contributed by atoms with Gasteiger partial charge >= 0.3 is 0 Å². The Morgan fingerprint density at radius 3 is 2.21 bits per heavy atom. The van der Waals surface area contributed by atoms with Crippen LogP contribution in [0.25, 0.3) is 11.1 Å². The number of rotatable bonds is 4. The van der Waals surface area contributed by atoms with Gasteiger partial charge in [0, 0.05) is 4.90 Å². The Kier molecular flexibility index (Phi) is 5.97. The highest BCUT2D eigenvalue weighted by atomic mass is 32.2. The third-order valence-corrected chi connectivity index (χ3v) is 8.38. The van der Waals surface area contributed by atoms with Crippen molar-refractivity contribution in [2.45, 2.75) is 62.3 Å². The van der Waals surface area contributed by atoms with E-state index in [2.05, 4.69) is 42.7 Å². The van der Waals surface area contributed by atoms with Crippen LogP contribution in [0.2, 0.25) is 0 Å². The van der Waals surface area contributed by atoms with Crippen molar-refractivity contribution >= 4 is 31.7 Å². The average molecular weight is 427 g/mol. The first-order chi connectivity index (χ1) is 13.9. The van der Waals surface area contributed by atoms with Gasteiger partial charge in [-0.05, 0) is 88.4 Å². The smallest absolute Gasteiger partial charge is 0.166 e. The van der Waals surface area contributed by atoms with Gasteiger partial charge in [0.05, 0.1) is 17.9 Å². The zero-order valence-electron chi connectivity index (χ0n) is 17.3. The molecule has 2 heterocycles. The molecule has 2 aromatic carbocycles. The SMILES string of the molecule is CSc1ccc(-c2cc(C)c(C3C(=O)P[C@H](C4CCC(C)O4)C3=O)c(C)c2)cc1. The first kappa shape index (κ1) is 20.8. The Hall–Kier alpha value is -1.48. The summed E-state index contributed by atoms with van der Waals surface area (Å²) in [5, 5.41) is 0. The highest BCUT2D eigenvalue weighted by Crippen LogP contribution is 2.47. The monoisotopic (exact) mass is 426 g/mol. The molecule has 5 heteroatoms. The van der Waals surface area contributed by atoms with Gasteiger partial charge in [-0.1, -0.05) is 24.3 Å². The van der Waals surface area contributed by atoms with Crippen LogP contribution in [0.1, 0.15) is 42.4 Å². The molecule has 0 aromatic heterocycles. The zero-order chi connectivity index (χ0) is 20.7. The number of carbonyl (C=O) groups excluding carboxylic acids is 2. The molecular formula is C24H27O3PS. The van der Waals surface area contributed by atoms with Gasteiger partial charge in [0.1, 0.15) is 5.92 Å². The summed E-state index contributed by atoms with van der Waals surface area (Å²) in [7, 11) is 0.0288. The van der Waals surface area contributed by atoms with Crippen LogP contribution in [-0.2, 0) is 14.3 Å². The highest BCUT2D eigenvalue weighted by Gasteiger charge is 2.48. The molecular weight excluding hydrogens is 399 g/mol. The molecule has 29 heavy (non-hydrogen) atoms. The van der Waals surface area contributed by atoms with E-state index in [4.69, 9.17) is 4.74 Å².